The van der Waals surface area contributed by atoms with Gasteiger partial charge in [0.15, 0.2) is 0 Å². The van der Waals surface area contributed by atoms with Crippen molar-refractivity contribution in [1.29, 1.82) is 0 Å². The zero-order valence-corrected chi connectivity index (χ0v) is 13.4. The Kier molecular flexibility index (Phi) is 6.46. The highest BCUT2D eigenvalue weighted by Crippen LogP contribution is 2.07. The van der Waals surface area contributed by atoms with Crippen molar-refractivity contribution in [3.8, 4) is 0 Å². The summed E-state index contributed by atoms with van der Waals surface area (Å²) in [4.78, 5) is 27.6. The van der Waals surface area contributed by atoms with Gasteiger partial charge < -0.3 is 15.1 Å². The molecular weight excluding hydrogens is 254 g/mol. The van der Waals surface area contributed by atoms with Crippen molar-refractivity contribution in [2.75, 3.05) is 32.7 Å². The van der Waals surface area contributed by atoms with Gasteiger partial charge in [0.2, 0.25) is 11.8 Å². The van der Waals surface area contributed by atoms with E-state index in [1.165, 1.54) is 0 Å². The molecule has 5 heteroatoms. The summed E-state index contributed by atoms with van der Waals surface area (Å²) in [7, 11) is 0. The zero-order valence-electron chi connectivity index (χ0n) is 13.4. The molecule has 0 bridgehead atoms. The predicted molar refractivity (Wildman–Crippen MR) is 80.4 cm³/mol. The molecule has 0 unspecified atom stereocenters. The van der Waals surface area contributed by atoms with Crippen molar-refractivity contribution < 1.29 is 9.59 Å². The Hall–Kier alpha value is -1.10. The molecular formula is C15H29N3O2. The van der Waals surface area contributed by atoms with Crippen molar-refractivity contribution in [3.63, 3.8) is 0 Å². The Morgan fingerprint density at radius 2 is 1.55 bits per heavy atom. The van der Waals surface area contributed by atoms with Crippen LogP contribution in [-0.2, 0) is 9.59 Å². The standard InChI is InChI=1S/C15H29N3O2/c1-5-13(19)17-9-6-10-18(12-11-17)14(20)7-8-16-15(2,3)4/h16H,5-12H2,1-4H3. The van der Waals surface area contributed by atoms with Gasteiger partial charge >= 0.3 is 0 Å². The lowest BCUT2D eigenvalue weighted by atomic mass is 10.1. The van der Waals surface area contributed by atoms with Crippen LogP contribution in [0.1, 0.15) is 47.0 Å². The van der Waals surface area contributed by atoms with Crippen LogP contribution in [0.15, 0.2) is 0 Å². The highest BCUT2D eigenvalue weighted by Gasteiger charge is 2.21. The van der Waals surface area contributed by atoms with E-state index in [0.29, 0.717) is 32.5 Å². The minimum Gasteiger partial charge on any atom is -0.341 e. The van der Waals surface area contributed by atoms with Gasteiger partial charge in [-0.05, 0) is 27.2 Å². The number of hydrogen-bond acceptors (Lipinski definition) is 3. The highest BCUT2D eigenvalue weighted by atomic mass is 16.2. The first-order valence-corrected chi connectivity index (χ1v) is 7.64. The number of nitrogens with zero attached hydrogens (tertiary/aromatic N) is 2. The van der Waals surface area contributed by atoms with Gasteiger partial charge in [0.05, 0.1) is 0 Å². The van der Waals surface area contributed by atoms with Gasteiger partial charge in [0.25, 0.3) is 0 Å². The summed E-state index contributed by atoms with van der Waals surface area (Å²) in [5, 5.41) is 3.33. The summed E-state index contributed by atoms with van der Waals surface area (Å²) < 4.78 is 0. The minimum absolute atomic E-state index is 0.0451. The maximum atomic E-state index is 12.2. The van der Waals surface area contributed by atoms with E-state index in [-0.39, 0.29) is 17.4 Å². The topological polar surface area (TPSA) is 52.7 Å². The molecule has 0 aromatic rings. The number of amides is 2. The molecule has 2 amide bonds. The third-order valence-electron chi connectivity index (χ3n) is 3.50. The van der Waals surface area contributed by atoms with E-state index in [2.05, 4.69) is 26.1 Å². The molecule has 1 heterocycles. The number of rotatable bonds is 4. The number of nitrogens with one attached hydrogen (secondary N) is 1. The van der Waals surface area contributed by atoms with E-state index in [9.17, 15) is 9.59 Å². The normalized spacial score (nSPS) is 17.0. The molecule has 116 valence electrons. The minimum atomic E-state index is 0.0451. The van der Waals surface area contributed by atoms with Crippen LogP contribution < -0.4 is 5.32 Å². The molecule has 1 fully saturated rings. The average Bonchev–Trinajstić information content (AvgIpc) is 2.62. The molecule has 1 aliphatic heterocycles. The van der Waals surface area contributed by atoms with Crippen LogP contribution in [0.4, 0.5) is 0 Å². The summed E-state index contributed by atoms with van der Waals surface area (Å²) in [6.45, 7) is 11.8. The Morgan fingerprint density at radius 3 is 2.05 bits per heavy atom. The fourth-order valence-corrected chi connectivity index (χ4v) is 2.34. The monoisotopic (exact) mass is 283 g/mol. The van der Waals surface area contributed by atoms with Gasteiger partial charge in [-0.3, -0.25) is 9.59 Å². The largest absolute Gasteiger partial charge is 0.341 e. The Bertz CT molecular complexity index is 337. The fraction of sp³-hybridized carbons (Fsp3) is 0.867. The van der Waals surface area contributed by atoms with Crippen LogP contribution >= 0.6 is 0 Å². The summed E-state index contributed by atoms with van der Waals surface area (Å²) in [5.41, 5.74) is 0.0451. The molecule has 0 saturated carbocycles. The highest BCUT2D eigenvalue weighted by molar-refractivity contribution is 5.77. The van der Waals surface area contributed by atoms with Crippen LogP contribution in [0.3, 0.4) is 0 Å². The first-order valence-electron chi connectivity index (χ1n) is 7.64. The molecule has 5 nitrogen and oxygen atoms in total. The van der Waals surface area contributed by atoms with E-state index in [1.54, 1.807) is 0 Å². The van der Waals surface area contributed by atoms with Crippen LogP contribution in [0, 0.1) is 0 Å². The van der Waals surface area contributed by atoms with Gasteiger partial charge in [-0.25, -0.2) is 0 Å². The molecule has 0 radical (unpaired) electrons. The van der Waals surface area contributed by atoms with E-state index in [0.717, 1.165) is 19.5 Å². The summed E-state index contributed by atoms with van der Waals surface area (Å²) in [5.74, 6) is 0.376. The van der Waals surface area contributed by atoms with Crippen molar-refractivity contribution in [2.45, 2.75) is 52.5 Å². The van der Waals surface area contributed by atoms with Gasteiger partial charge in [-0.1, -0.05) is 6.92 Å². The quantitative estimate of drug-likeness (QED) is 0.844. The Balaban J connectivity index is 2.37. The first-order chi connectivity index (χ1) is 9.33. The molecule has 20 heavy (non-hydrogen) atoms. The van der Waals surface area contributed by atoms with Crippen molar-refractivity contribution in [1.82, 2.24) is 15.1 Å². The fourth-order valence-electron chi connectivity index (χ4n) is 2.34. The summed E-state index contributed by atoms with van der Waals surface area (Å²) >= 11 is 0. The molecule has 1 aliphatic rings. The first kappa shape index (κ1) is 17.0. The molecule has 0 aromatic carbocycles. The van der Waals surface area contributed by atoms with Crippen LogP contribution in [-0.4, -0.2) is 59.9 Å². The molecule has 0 atom stereocenters. The average molecular weight is 283 g/mol. The maximum Gasteiger partial charge on any atom is 0.223 e. The van der Waals surface area contributed by atoms with E-state index >= 15 is 0 Å². The summed E-state index contributed by atoms with van der Waals surface area (Å²) in [6, 6.07) is 0. The number of carbonyl (C=O) groups is 2. The van der Waals surface area contributed by atoms with Crippen LogP contribution in [0.5, 0.6) is 0 Å². The van der Waals surface area contributed by atoms with Crippen molar-refractivity contribution >= 4 is 11.8 Å². The van der Waals surface area contributed by atoms with Gasteiger partial charge in [0.1, 0.15) is 0 Å². The second kappa shape index (κ2) is 7.62. The molecule has 0 aliphatic carbocycles. The summed E-state index contributed by atoms with van der Waals surface area (Å²) in [6.07, 6.45) is 1.95. The molecule has 1 rings (SSSR count). The number of hydrogen-bond donors (Lipinski definition) is 1. The lowest BCUT2D eigenvalue weighted by Gasteiger charge is -2.24. The lowest BCUT2D eigenvalue weighted by molar-refractivity contribution is -0.133. The molecule has 1 N–H and O–H groups in total. The zero-order chi connectivity index (χ0) is 15.2. The Morgan fingerprint density at radius 1 is 1.00 bits per heavy atom. The van der Waals surface area contributed by atoms with E-state index in [1.807, 2.05) is 16.7 Å². The van der Waals surface area contributed by atoms with E-state index < -0.39 is 0 Å². The maximum absolute atomic E-state index is 12.2. The lowest BCUT2D eigenvalue weighted by Crippen LogP contribution is -2.41. The van der Waals surface area contributed by atoms with E-state index in [4.69, 9.17) is 0 Å². The van der Waals surface area contributed by atoms with Crippen molar-refractivity contribution in [3.05, 3.63) is 0 Å². The second-order valence-electron chi connectivity index (χ2n) is 6.40. The van der Waals surface area contributed by atoms with Crippen LogP contribution in [0.25, 0.3) is 0 Å². The molecule has 0 spiro atoms. The second-order valence-corrected chi connectivity index (χ2v) is 6.40. The third kappa shape index (κ3) is 5.90. The van der Waals surface area contributed by atoms with Crippen LogP contribution in [0.2, 0.25) is 0 Å². The Labute approximate surface area is 122 Å². The van der Waals surface area contributed by atoms with Crippen molar-refractivity contribution in [2.24, 2.45) is 0 Å². The molecule has 1 saturated heterocycles. The molecule has 0 aromatic heterocycles. The van der Waals surface area contributed by atoms with Gasteiger partial charge in [-0.15, -0.1) is 0 Å². The van der Waals surface area contributed by atoms with Gasteiger partial charge in [0, 0.05) is 51.1 Å². The van der Waals surface area contributed by atoms with Gasteiger partial charge in [-0.2, -0.15) is 0 Å². The third-order valence-corrected chi connectivity index (χ3v) is 3.50. The number of carbonyl (C=O) groups excluding carboxylic acids is 2. The smallest absolute Gasteiger partial charge is 0.223 e. The SMILES string of the molecule is CCC(=O)N1CCCN(C(=O)CCNC(C)(C)C)CC1. The predicted octanol–water partition coefficient (Wildman–Crippen LogP) is 1.24.